The minimum atomic E-state index is -2.90. The first-order valence-electron chi connectivity index (χ1n) is 6.08. The van der Waals surface area contributed by atoms with Crippen molar-refractivity contribution < 1.29 is 18.3 Å². The summed E-state index contributed by atoms with van der Waals surface area (Å²) in [7, 11) is 1.71. The van der Waals surface area contributed by atoms with Crippen molar-refractivity contribution in [2.24, 2.45) is 12.8 Å². The average molecular weight is 296 g/mol. The molecule has 2 aromatic rings. The van der Waals surface area contributed by atoms with Gasteiger partial charge in [-0.25, -0.2) is 0 Å². The predicted molar refractivity (Wildman–Crippen MR) is 72.1 cm³/mol. The second-order valence-electron chi connectivity index (χ2n) is 4.24. The molecular weight excluding hydrogens is 282 g/mol. The normalized spacial score (nSPS) is 10.7. The van der Waals surface area contributed by atoms with E-state index in [0.29, 0.717) is 16.9 Å². The second-order valence-corrected chi connectivity index (χ2v) is 4.24. The summed E-state index contributed by atoms with van der Waals surface area (Å²) in [6.07, 6.45) is 1.70. The van der Waals surface area contributed by atoms with Crippen LogP contribution in [0.2, 0.25) is 0 Å². The van der Waals surface area contributed by atoms with Crippen molar-refractivity contribution in [3.8, 4) is 5.75 Å². The lowest BCUT2D eigenvalue weighted by molar-refractivity contribution is -0.0498. The van der Waals surface area contributed by atoms with Gasteiger partial charge in [0.05, 0.1) is 0 Å². The number of hydrogen-bond acceptors (Lipinski definition) is 4. The van der Waals surface area contributed by atoms with Gasteiger partial charge in [-0.1, -0.05) is 0 Å². The lowest BCUT2D eigenvalue weighted by Crippen LogP contribution is -2.14. The minimum Gasteiger partial charge on any atom is -0.435 e. The van der Waals surface area contributed by atoms with Gasteiger partial charge >= 0.3 is 6.61 Å². The summed E-state index contributed by atoms with van der Waals surface area (Å²) >= 11 is 0. The molecule has 112 valence electrons. The molecule has 1 aromatic carbocycles. The van der Waals surface area contributed by atoms with E-state index in [2.05, 4.69) is 15.2 Å². The molecule has 0 saturated carbocycles. The maximum absolute atomic E-state index is 12.0. The Morgan fingerprint density at radius 3 is 2.67 bits per heavy atom. The number of carbonyl (C=O) groups excluding carboxylic acids is 1. The van der Waals surface area contributed by atoms with Crippen LogP contribution in [-0.2, 0) is 13.6 Å². The Hall–Kier alpha value is -2.48. The maximum Gasteiger partial charge on any atom is 0.387 e. The van der Waals surface area contributed by atoms with E-state index in [0.717, 1.165) is 0 Å². The number of aromatic nitrogens is 2. The van der Waals surface area contributed by atoms with E-state index in [1.165, 1.54) is 28.9 Å². The molecule has 0 aliphatic heterocycles. The Labute approximate surface area is 119 Å². The quantitative estimate of drug-likeness (QED) is 0.880. The molecule has 6 nitrogen and oxygen atoms in total. The molecule has 1 amide bonds. The number of rotatable bonds is 5. The maximum atomic E-state index is 12.0. The fourth-order valence-electron chi connectivity index (χ4n) is 1.76. The summed E-state index contributed by atoms with van der Waals surface area (Å²) in [6, 6.07) is 5.36. The van der Waals surface area contributed by atoms with Crippen LogP contribution in [0.1, 0.15) is 15.9 Å². The highest BCUT2D eigenvalue weighted by molar-refractivity contribution is 6.04. The summed E-state index contributed by atoms with van der Waals surface area (Å²) in [5.41, 5.74) is 6.55. The number of carbonyl (C=O) groups is 1. The standard InChI is InChI=1S/C13H14F2N4O2/c1-19-7-9(6-16)11(18-19)17-12(20)8-2-4-10(5-3-8)21-13(14)15/h2-5,7,13H,6,16H2,1H3,(H,17,18,20). The number of hydrogen-bond donors (Lipinski definition) is 2. The van der Waals surface area contributed by atoms with Crippen molar-refractivity contribution in [3.05, 3.63) is 41.6 Å². The van der Waals surface area contributed by atoms with Crippen molar-refractivity contribution in [3.63, 3.8) is 0 Å². The molecule has 2 rings (SSSR count). The van der Waals surface area contributed by atoms with Gasteiger partial charge in [-0.05, 0) is 24.3 Å². The SMILES string of the molecule is Cn1cc(CN)c(NC(=O)c2ccc(OC(F)F)cc2)n1. The summed E-state index contributed by atoms with van der Waals surface area (Å²) in [5.74, 6) is -0.0491. The molecular formula is C13H14F2N4O2. The third-order valence-electron chi connectivity index (χ3n) is 2.70. The van der Waals surface area contributed by atoms with Crippen LogP contribution >= 0.6 is 0 Å². The summed E-state index contributed by atoms with van der Waals surface area (Å²) < 4.78 is 29.8. The molecule has 0 atom stereocenters. The molecule has 0 fully saturated rings. The number of nitrogens with two attached hydrogens (primary N) is 1. The van der Waals surface area contributed by atoms with Crippen molar-refractivity contribution in [1.82, 2.24) is 9.78 Å². The molecule has 0 spiro atoms. The topological polar surface area (TPSA) is 82.2 Å². The van der Waals surface area contributed by atoms with E-state index >= 15 is 0 Å². The lowest BCUT2D eigenvalue weighted by Gasteiger charge is -2.06. The van der Waals surface area contributed by atoms with E-state index in [1.807, 2.05) is 0 Å². The van der Waals surface area contributed by atoms with E-state index in [-0.39, 0.29) is 12.3 Å². The zero-order chi connectivity index (χ0) is 15.4. The van der Waals surface area contributed by atoms with Gasteiger partial charge in [0, 0.05) is 30.9 Å². The van der Waals surface area contributed by atoms with Gasteiger partial charge in [-0.15, -0.1) is 0 Å². The van der Waals surface area contributed by atoms with Gasteiger partial charge in [-0.2, -0.15) is 13.9 Å². The smallest absolute Gasteiger partial charge is 0.387 e. The van der Waals surface area contributed by atoms with Crippen LogP contribution in [0.5, 0.6) is 5.75 Å². The predicted octanol–water partition coefficient (Wildman–Crippen LogP) is 1.73. The number of alkyl halides is 2. The largest absolute Gasteiger partial charge is 0.435 e. The van der Waals surface area contributed by atoms with Crippen molar-refractivity contribution >= 4 is 11.7 Å². The Morgan fingerprint density at radius 2 is 2.10 bits per heavy atom. The molecule has 1 heterocycles. The first-order chi connectivity index (χ1) is 9.99. The van der Waals surface area contributed by atoms with Crippen LogP contribution in [0, 0.1) is 0 Å². The molecule has 0 radical (unpaired) electrons. The molecule has 0 unspecified atom stereocenters. The number of halogens is 2. The van der Waals surface area contributed by atoms with Gasteiger partial charge in [0.15, 0.2) is 5.82 Å². The van der Waals surface area contributed by atoms with Crippen LogP contribution in [0.15, 0.2) is 30.5 Å². The highest BCUT2D eigenvalue weighted by atomic mass is 19.3. The van der Waals surface area contributed by atoms with E-state index in [1.54, 1.807) is 13.2 Å². The Morgan fingerprint density at radius 1 is 1.43 bits per heavy atom. The number of aryl methyl sites for hydroxylation is 1. The number of amides is 1. The fourth-order valence-corrected chi connectivity index (χ4v) is 1.76. The van der Waals surface area contributed by atoms with Crippen LogP contribution in [0.4, 0.5) is 14.6 Å². The number of nitrogens with one attached hydrogen (secondary N) is 1. The lowest BCUT2D eigenvalue weighted by atomic mass is 10.2. The number of ether oxygens (including phenoxy) is 1. The van der Waals surface area contributed by atoms with Crippen molar-refractivity contribution in [1.29, 1.82) is 0 Å². The monoisotopic (exact) mass is 296 g/mol. The molecule has 0 saturated heterocycles. The fraction of sp³-hybridized carbons (Fsp3) is 0.231. The van der Waals surface area contributed by atoms with Crippen molar-refractivity contribution in [2.75, 3.05) is 5.32 Å². The number of anilines is 1. The third kappa shape index (κ3) is 3.76. The van der Waals surface area contributed by atoms with E-state index in [9.17, 15) is 13.6 Å². The van der Waals surface area contributed by atoms with Crippen LogP contribution in [-0.4, -0.2) is 22.3 Å². The van der Waals surface area contributed by atoms with Crippen LogP contribution in [0.25, 0.3) is 0 Å². The third-order valence-corrected chi connectivity index (χ3v) is 2.70. The Kier molecular flexibility index (Phi) is 4.49. The number of nitrogens with zero attached hydrogens (tertiary/aromatic N) is 2. The van der Waals surface area contributed by atoms with Gasteiger partial charge in [0.25, 0.3) is 5.91 Å². The first-order valence-corrected chi connectivity index (χ1v) is 6.08. The summed E-state index contributed by atoms with van der Waals surface area (Å²) in [6.45, 7) is -2.66. The minimum absolute atomic E-state index is 0.0120. The zero-order valence-electron chi connectivity index (χ0n) is 11.2. The first kappa shape index (κ1) is 14.9. The van der Waals surface area contributed by atoms with Crippen molar-refractivity contribution in [2.45, 2.75) is 13.2 Å². The molecule has 21 heavy (non-hydrogen) atoms. The Bertz CT molecular complexity index is 626. The van der Waals surface area contributed by atoms with E-state index in [4.69, 9.17) is 5.73 Å². The zero-order valence-corrected chi connectivity index (χ0v) is 11.2. The summed E-state index contributed by atoms with van der Waals surface area (Å²) in [4.78, 5) is 12.0. The van der Waals surface area contributed by atoms with Gasteiger partial charge in [-0.3, -0.25) is 9.48 Å². The highest BCUT2D eigenvalue weighted by Crippen LogP contribution is 2.17. The molecule has 1 aromatic heterocycles. The molecule has 0 aliphatic rings. The molecule has 3 N–H and O–H groups in total. The van der Waals surface area contributed by atoms with Gasteiger partial charge < -0.3 is 15.8 Å². The molecule has 0 bridgehead atoms. The Balaban J connectivity index is 2.09. The van der Waals surface area contributed by atoms with Crippen LogP contribution < -0.4 is 15.8 Å². The van der Waals surface area contributed by atoms with Gasteiger partial charge in [0.1, 0.15) is 5.75 Å². The number of benzene rings is 1. The van der Waals surface area contributed by atoms with E-state index < -0.39 is 12.5 Å². The highest BCUT2D eigenvalue weighted by Gasteiger charge is 2.12. The average Bonchev–Trinajstić information content (AvgIpc) is 2.78. The van der Waals surface area contributed by atoms with Gasteiger partial charge in [0.2, 0.25) is 0 Å². The summed E-state index contributed by atoms with van der Waals surface area (Å²) in [5, 5.41) is 6.70. The van der Waals surface area contributed by atoms with Crippen LogP contribution in [0.3, 0.4) is 0 Å². The second kappa shape index (κ2) is 6.31. The molecule has 0 aliphatic carbocycles. The molecule has 8 heteroatoms.